The van der Waals surface area contributed by atoms with Crippen LogP contribution in [0.4, 0.5) is 22.0 Å². The van der Waals surface area contributed by atoms with Gasteiger partial charge in [0.15, 0.2) is 23.1 Å². The molecule has 1 saturated carbocycles. The number of aryl methyl sites for hydroxylation is 2. The summed E-state index contributed by atoms with van der Waals surface area (Å²) in [6.45, 7) is 4.28. The first-order valence-corrected chi connectivity index (χ1v) is 13.8. The van der Waals surface area contributed by atoms with E-state index in [2.05, 4.69) is 0 Å². The summed E-state index contributed by atoms with van der Waals surface area (Å²) < 4.78 is 83.3. The van der Waals surface area contributed by atoms with E-state index in [9.17, 15) is 22.0 Å². The molecule has 4 rings (SSSR count). The van der Waals surface area contributed by atoms with Gasteiger partial charge in [0.05, 0.1) is 13.2 Å². The molecule has 0 bridgehead atoms. The Balaban J connectivity index is 1.35. The molecule has 2 nitrogen and oxygen atoms in total. The number of rotatable bonds is 11. The Morgan fingerprint density at radius 2 is 1.28 bits per heavy atom. The SMILES string of the molecule is CCCCOc1ccc(CCc2ccc(C3CCC(c4ccc(OCC)c(F)c4F)CC3)cc2F)c(F)c1F. The minimum atomic E-state index is -1.01. The molecule has 0 radical (unpaired) electrons. The van der Waals surface area contributed by atoms with Crippen molar-refractivity contribution in [1.82, 2.24) is 0 Å². The Morgan fingerprint density at radius 3 is 1.97 bits per heavy atom. The van der Waals surface area contributed by atoms with Gasteiger partial charge in [-0.15, -0.1) is 0 Å². The molecule has 0 aliphatic heterocycles. The van der Waals surface area contributed by atoms with E-state index in [0.717, 1.165) is 31.2 Å². The van der Waals surface area contributed by atoms with E-state index in [4.69, 9.17) is 9.47 Å². The summed E-state index contributed by atoms with van der Waals surface area (Å²) in [5.74, 6) is -4.32. The molecule has 0 heterocycles. The number of unbranched alkanes of at least 4 members (excludes halogenated alkanes) is 1. The molecule has 0 aromatic heterocycles. The molecule has 1 aliphatic carbocycles. The van der Waals surface area contributed by atoms with Crippen molar-refractivity contribution >= 4 is 0 Å². The van der Waals surface area contributed by atoms with Gasteiger partial charge in [0, 0.05) is 0 Å². The van der Waals surface area contributed by atoms with Crippen LogP contribution in [0.15, 0.2) is 42.5 Å². The molecular formula is C32H35F5O2. The smallest absolute Gasteiger partial charge is 0.200 e. The zero-order chi connectivity index (χ0) is 27.9. The zero-order valence-corrected chi connectivity index (χ0v) is 22.5. The highest BCUT2D eigenvalue weighted by molar-refractivity contribution is 5.35. The Labute approximate surface area is 227 Å². The number of hydrogen-bond acceptors (Lipinski definition) is 2. The normalized spacial score (nSPS) is 17.3. The lowest BCUT2D eigenvalue weighted by Crippen LogP contribution is -2.14. The number of benzene rings is 3. The first kappa shape index (κ1) is 28.9. The Kier molecular flexibility index (Phi) is 9.87. The monoisotopic (exact) mass is 546 g/mol. The summed E-state index contributed by atoms with van der Waals surface area (Å²) in [7, 11) is 0. The van der Waals surface area contributed by atoms with Crippen LogP contribution in [0.25, 0.3) is 0 Å². The van der Waals surface area contributed by atoms with Gasteiger partial charge in [-0.1, -0.05) is 37.6 Å². The molecule has 0 spiro atoms. The molecule has 3 aromatic rings. The van der Waals surface area contributed by atoms with Gasteiger partial charge in [-0.05, 0) is 104 Å². The lowest BCUT2D eigenvalue weighted by atomic mass is 9.76. The number of halogens is 5. The van der Waals surface area contributed by atoms with Crippen LogP contribution in [0.5, 0.6) is 11.5 Å². The number of ether oxygens (including phenoxy) is 2. The van der Waals surface area contributed by atoms with Crippen LogP contribution in [0, 0.1) is 29.1 Å². The minimum Gasteiger partial charge on any atom is -0.491 e. The maximum Gasteiger partial charge on any atom is 0.200 e. The fourth-order valence-corrected chi connectivity index (χ4v) is 5.36. The Hall–Kier alpha value is -3.09. The summed E-state index contributed by atoms with van der Waals surface area (Å²) in [4.78, 5) is 0. The highest BCUT2D eigenvalue weighted by Crippen LogP contribution is 2.42. The van der Waals surface area contributed by atoms with E-state index in [-0.39, 0.29) is 54.2 Å². The van der Waals surface area contributed by atoms with E-state index < -0.39 is 23.3 Å². The lowest BCUT2D eigenvalue weighted by molar-refractivity contribution is 0.288. The van der Waals surface area contributed by atoms with Crippen molar-refractivity contribution in [3.63, 3.8) is 0 Å². The minimum absolute atomic E-state index is 0.0793. The maximum absolute atomic E-state index is 15.0. The predicted molar refractivity (Wildman–Crippen MR) is 142 cm³/mol. The molecular weight excluding hydrogens is 511 g/mol. The van der Waals surface area contributed by atoms with Crippen LogP contribution >= 0.6 is 0 Å². The van der Waals surface area contributed by atoms with Gasteiger partial charge < -0.3 is 9.47 Å². The molecule has 0 amide bonds. The quantitative estimate of drug-likeness (QED) is 0.176. The van der Waals surface area contributed by atoms with Crippen molar-refractivity contribution in [2.75, 3.05) is 13.2 Å². The molecule has 3 aromatic carbocycles. The molecule has 210 valence electrons. The van der Waals surface area contributed by atoms with Crippen molar-refractivity contribution in [2.45, 2.75) is 77.0 Å². The van der Waals surface area contributed by atoms with Gasteiger partial charge in [-0.2, -0.15) is 8.78 Å². The predicted octanol–water partition coefficient (Wildman–Crippen LogP) is 9.19. The third-order valence-electron chi connectivity index (χ3n) is 7.64. The van der Waals surface area contributed by atoms with Crippen molar-refractivity contribution in [3.8, 4) is 11.5 Å². The van der Waals surface area contributed by atoms with Crippen LogP contribution in [0.1, 0.15) is 86.5 Å². The van der Waals surface area contributed by atoms with Crippen molar-refractivity contribution in [1.29, 1.82) is 0 Å². The highest BCUT2D eigenvalue weighted by atomic mass is 19.2. The third-order valence-corrected chi connectivity index (χ3v) is 7.64. The second-order valence-electron chi connectivity index (χ2n) is 10.2. The van der Waals surface area contributed by atoms with E-state index in [1.54, 1.807) is 19.1 Å². The highest BCUT2D eigenvalue weighted by Gasteiger charge is 2.28. The second kappa shape index (κ2) is 13.3. The molecule has 0 unspecified atom stereocenters. The summed E-state index contributed by atoms with van der Waals surface area (Å²) in [5, 5.41) is 0. The molecule has 7 heteroatoms. The Morgan fingerprint density at radius 1 is 0.667 bits per heavy atom. The fourth-order valence-electron chi connectivity index (χ4n) is 5.36. The van der Waals surface area contributed by atoms with Crippen LogP contribution < -0.4 is 9.47 Å². The first-order valence-electron chi connectivity index (χ1n) is 13.8. The molecule has 0 saturated heterocycles. The second-order valence-corrected chi connectivity index (χ2v) is 10.2. The topological polar surface area (TPSA) is 18.5 Å². The molecule has 1 fully saturated rings. The van der Waals surface area contributed by atoms with Crippen LogP contribution in [0.3, 0.4) is 0 Å². The van der Waals surface area contributed by atoms with Crippen molar-refractivity contribution < 1.29 is 31.4 Å². The number of hydrogen-bond donors (Lipinski definition) is 0. The summed E-state index contributed by atoms with van der Waals surface area (Å²) in [6, 6.07) is 11.1. The van der Waals surface area contributed by atoms with Crippen LogP contribution in [-0.4, -0.2) is 13.2 Å². The lowest BCUT2D eigenvalue weighted by Gasteiger charge is -2.29. The van der Waals surface area contributed by atoms with Gasteiger partial charge in [-0.3, -0.25) is 0 Å². The largest absolute Gasteiger partial charge is 0.491 e. The van der Waals surface area contributed by atoms with Crippen molar-refractivity contribution in [2.24, 2.45) is 0 Å². The first-order chi connectivity index (χ1) is 18.8. The molecule has 1 aliphatic rings. The fraction of sp³-hybridized carbons (Fsp3) is 0.438. The average molecular weight is 547 g/mol. The summed E-state index contributed by atoms with van der Waals surface area (Å²) in [5.41, 5.74) is 1.83. The standard InChI is InChI=1S/C32H35F5O2/c1-3-5-18-39-28-16-14-23(29(34)31(28)36)12-10-22-11-13-24(19-26(22)33)20-6-8-21(9-7-20)25-15-17-27(38-4-2)32(37)30(25)35/h11,13-17,19-21H,3-10,12,18H2,1-2H3. The van der Waals surface area contributed by atoms with E-state index >= 15 is 0 Å². The molecule has 39 heavy (non-hydrogen) atoms. The van der Waals surface area contributed by atoms with E-state index in [1.807, 2.05) is 13.0 Å². The third kappa shape index (κ3) is 6.74. The van der Waals surface area contributed by atoms with E-state index in [0.29, 0.717) is 30.6 Å². The summed E-state index contributed by atoms with van der Waals surface area (Å²) >= 11 is 0. The van der Waals surface area contributed by atoms with Gasteiger partial charge in [0.2, 0.25) is 11.6 Å². The van der Waals surface area contributed by atoms with Crippen LogP contribution in [0.2, 0.25) is 0 Å². The summed E-state index contributed by atoms with van der Waals surface area (Å²) in [6.07, 6.45) is 4.82. The maximum atomic E-state index is 15.0. The van der Waals surface area contributed by atoms with Crippen molar-refractivity contribution in [3.05, 3.63) is 93.8 Å². The molecule has 0 N–H and O–H groups in total. The molecule has 0 atom stereocenters. The van der Waals surface area contributed by atoms with Gasteiger partial charge in [-0.25, -0.2) is 13.2 Å². The average Bonchev–Trinajstić information content (AvgIpc) is 2.94. The Bertz CT molecular complexity index is 1270. The van der Waals surface area contributed by atoms with Gasteiger partial charge in [0.1, 0.15) is 5.82 Å². The van der Waals surface area contributed by atoms with E-state index in [1.165, 1.54) is 24.3 Å². The van der Waals surface area contributed by atoms with Crippen LogP contribution in [-0.2, 0) is 12.8 Å². The van der Waals surface area contributed by atoms with Gasteiger partial charge >= 0.3 is 0 Å². The zero-order valence-electron chi connectivity index (χ0n) is 22.5. The van der Waals surface area contributed by atoms with Gasteiger partial charge in [0.25, 0.3) is 0 Å².